The number of aliphatic hydroxyl groups is 1. The van der Waals surface area contributed by atoms with Crippen LogP contribution in [0.5, 0.6) is 17.2 Å². The molecule has 0 aliphatic rings. The third kappa shape index (κ3) is 3.56. The highest BCUT2D eigenvalue weighted by molar-refractivity contribution is 5.99. The van der Waals surface area contributed by atoms with Crippen molar-refractivity contribution >= 4 is 5.78 Å². The number of aromatic hydroxyl groups is 1. The minimum absolute atomic E-state index is 0.0177. The maximum absolute atomic E-state index is 12.3. The summed E-state index contributed by atoms with van der Waals surface area (Å²) in [7, 11) is 2.98. The second kappa shape index (κ2) is 6.95. The quantitative estimate of drug-likeness (QED) is 0.802. The highest BCUT2D eigenvalue weighted by atomic mass is 16.5. The fourth-order valence-corrected chi connectivity index (χ4v) is 2.14. The van der Waals surface area contributed by atoms with Crippen molar-refractivity contribution in [2.75, 3.05) is 14.2 Å². The van der Waals surface area contributed by atoms with Gasteiger partial charge in [-0.15, -0.1) is 0 Å². The Morgan fingerprint density at radius 2 is 1.77 bits per heavy atom. The summed E-state index contributed by atoms with van der Waals surface area (Å²) in [6.07, 6.45) is -0.995. The Morgan fingerprint density at radius 3 is 2.36 bits per heavy atom. The lowest BCUT2D eigenvalue weighted by atomic mass is 9.99. The van der Waals surface area contributed by atoms with E-state index in [0.717, 1.165) is 0 Å². The number of phenols is 1. The molecule has 0 bridgehead atoms. The third-order valence-corrected chi connectivity index (χ3v) is 3.36. The number of carbonyl (C=O) groups excluding carboxylic acids is 1. The molecule has 2 aromatic rings. The van der Waals surface area contributed by atoms with E-state index in [1.165, 1.54) is 25.3 Å². The highest BCUT2D eigenvalue weighted by Crippen LogP contribution is 2.28. The smallest absolute Gasteiger partial charge is 0.169 e. The number of benzene rings is 2. The first-order chi connectivity index (χ1) is 10.5. The summed E-state index contributed by atoms with van der Waals surface area (Å²) < 4.78 is 10.1. The van der Waals surface area contributed by atoms with Gasteiger partial charge in [-0.3, -0.25) is 4.79 Å². The van der Waals surface area contributed by atoms with Crippen molar-refractivity contribution in [2.45, 2.75) is 12.5 Å². The van der Waals surface area contributed by atoms with Crippen molar-refractivity contribution in [3.05, 3.63) is 53.6 Å². The van der Waals surface area contributed by atoms with Gasteiger partial charge in [0.1, 0.15) is 17.2 Å². The van der Waals surface area contributed by atoms with Gasteiger partial charge in [-0.2, -0.15) is 0 Å². The van der Waals surface area contributed by atoms with E-state index in [0.29, 0.717) is 16.9 Å². The van der Waals surface area contributed by atoms with Crippen LogP contribution in [0, 0.1) is 0 Å². The zero-order chi connectivity index (χ0) is 16.1. The topological polar surface area (TPSA) is 76.0 Å². The molecule has 0 heterocycles. The van der Waals surface area contributed by atoms with E-state index in [1.807, 2.05) is 0 Å². The molecule has 22 heavy (non-hydrogen) atoms. The van der Waals surface area contributed by atoms with Gasteiger partial charge in [0.15, 0.2) is 5.78 Å². The van der Waals surface area contributed by atoms with E-state index in [1.54, 1.807) is 31.4 Å². The van der Waals surface area contributed by atoms with Gasteiger partial charge >= 0.3 is 0 Å². The summed E-state index contributed by atoms with van der Waals surface area (Å²) in [6.45, 7) is 0. The van der Waals surface area contributed by atoms with E-state index in [4.69, 9.17) is 9.47 Å². The zero-order valence-electron chi connectivity index (χ0n) is 12.4. The summed E-state index contributed by atoms with van der Waals surface area (Å²) in [4.78, 5) is 12.3. The number of rotatable bonds is 6. The maximum Gasteiger partial charge on any atom is 0.169 e. The van der Waals surface area contributed by atoms with Crippen LogP contribution in [0.1, 0.15) is 28.4 Å². The van der Waals surface area contributed by atoms with Gasteiger partial charge in [0.05, 0.1) is 25.9 Å². The standard InChI is InChI=1S/C17H18O5/c1-21-13-6-3-11(4-7-13)15(19)10-16(20)14-8-5-12(18)9-17(14)22-2/h3-9,15,18-19H,10H2,1-2H3. The van der Waals surface area contributed by atoms with Crippen LogP contribution in [0.3, 0.4) is 0 Å². The lowest BCUT2D eigenvalue weighted by molar-refractivity contribution is 0.0877. The van der Waals surface area contributed by atoms with E-state index >= 15 is 0 Å². The number of ketones is 1. The molecule has 5 nitrogen and oxygen atoms in total. The molecular formula is C17H18O5. The normalized spacial score (nSPS) is 11.8. The number of ether oxygens (including phenoxy) is 2. The van der Waals surface area contributed by atoms with E-state index < -0.39 is 6.10 Å². The molecular weight excluding hydrogens is 284 g/mol. The average Bonchev–Trinajstić information content (AvgIpc) is 2.54. The van der Waals surface area contributed by atoms with Crippen LogP contribution in [0.4, 0.5) is 0 Å². The molecule has 0 fully saturated rings. The highest BCUT2D eigenvalue weighted by Gasteiger charge is 2.18. The summed E-state index contributed by atoms with van der Waals surface area (Å²) >= 11 is 0. The monoisotopic (exact) mass is 302 g/mol. The average molecular weight is 302 g/mol. The lowest BCUT2D eigenvalue weighted by Gasteiger charge is -2.13. The molecule has 0 spiro atoms. The van der Waals surface area contributed by atoms with Crippen molar-refractivity contribution in [1.29, 1.82) is 0 Å². The van der Waals surface area contributed by atoms with Gasteiger partial charge in [0, 0.05) is 12.5 Å². The molecule has 5 heteroatoms. The van der Waals surface area contributed by atoms with E-state index in [9.17, 15) is 15.0 Å². The molecule has 1 atom stereocenters. The molecule has 2 rings (SSSR count). The van der Waals surface area contributed by atoms with Gasteiger partial charge in [0.25, 0.3) is 0 Å². The van der Waals surface area contributed by atoms with Crippen molar-refractivity contribution in [3.63, 3.8) is 0 Å². The van der Waals surface area contributed by atoms with Gasteiger partial charge < -0.3 is 19.7 Å². The van der Waals surface area contributed by atoms with Crippen molar-refractivity contribution in [1.82, 2.24) is 0 Å². The number of Topliss-reactive ketones (excluding diaryl/α,β-unsaturated/α-hetero) is 1. The van der Waals surface area contributed by atoms with Gasteiger partial charge in [0.2, 0.25) is 0 Å². The minimum atomic E-state index is -0.920. The van der Waals surface area contributed by atoms with Crippen LogP contribution in [-0.4, -0.2) is 30.2 Å². The summed E-state index contributed by atoms with van der Waals surface area (Å²) in [5.74, 6) is 0.721. The van der Waals surface area contributed by atoms with Gasteiger partial charge in [-0.25, -0.2) is 0 Å². The predicted octanol–water partition coefficient (Wildman–Crippen LogP) is 2.72. The number of phenolic OH excluding ortho intramolecular Hbond substituents is 1. The molecule has 0 radical (unpaired) electrons. The van der Waals surface area contributed by atoms with Crippen molar-refractivity contribution < 1.29 is 24.5 Å². The van der Waals surface area contributed by atoms with Gasteiger partial charge in [-0.05, 0) is 29.8 Å². The second-order valence-electron chi connectivity index (χ2n) is 4.80. The maximum atomic E-state index is 12.3. The molecule has 0 aliphatic heterocycles. The number of hydrogen-bond donors (Lipinski definition) is 2. The Balaban J connectivity index is 2.13. The Morgan fingerprint density at radius 1 is 1.09 bits per heavy atom. The predicted molar refractivity (Wildman–Crippen MR) is 81.6 cm³/mol. The first-order valence-corrected chi connectivity index (χ1v) is 6.77. The van der Waals surface area contributed by atoms with E-state index in [2.05, 4.69) is 0 Å². The van der Waals surface area contributed by atoms with Crippen LogP contribution in [-0.2, 0) is 0 Å². The minimum Gasteiger partial charge on any atom is -0.508 e. The molecule has 0 aliphatic carbocycles. The third-order valence-electron chi connectivity index (χ3n) is 3.36. The molecule has 0 amide bonds. The molecule has 0 saturated heterocycles. The van der Waals surface area contributed by atoms with Crippen LogP contribution in [0.25, 0.3) is 0 Å². The Hall–Kier alpha value is -2.53. The number of carbonyl (C=O) groups is 1. The molecule has 116 valence electrons. The molecule has 2 aromatic carbocycles. The van der Waals surface area contributed by atoms with Crippen LogP contribution in [0.15, 0.2) is 42.5 Å². The SMILES string of the molecule is COc1ccc(C(O)CC(=O)c2ccc(O)cc2OC)cc1. The van der Waals surface area contributed by atoms with E-state index in [-0.39, 0.29) is 23.7 Å². The van der Waals surface area contributed by atoms with Gasteiger partial charge in [-0.1, -0.05) is 12.1 Å². The fourth-order valence-electron chi connectivity index (χ4n) is 2.14. The largest absolute Gasteiger partial charge is 0.508 e. The molecule has 2 N–H and O–H groups in total. The van der Waals surface area contributed by atoms with Crippen LogP contribution >= 0.6 is 0 Å². The first kappa shape index (κ1) is 15.9. The number of aliphatic hydroxyl groups excluding tert-OH is 1. The Labute approximate surface area is 128 Å². The summed E-state index contributed by atoms with van der Waals surface area (Å²) in [5, 5.41) is 19.6. The summed E-state index contributed by atoms with van der Waals surface area (Å²) in [5.41, 5.74) is 0.958. The Kier molecular flexibility index (Phi) is 5.01. The van der Waals surface area contributed by atoms with Crippen LogP contribution < -0.4 is 9.47 Å². The number of methoxy groups -OCH3 is 2. The first-order valence-electron chi connectivity index (χ1n) is 6.77. The fraction of sp³-hybridized carbons (Fsp3) is 0.235. The van der Waals surface area contributed by atoms with Crippen LogP contribution in [0.2, 0.25) is 0 Å². The van der Waals surface area contributed by atoms with Crippen molar-refractivity contribution in [2.24, 2.45) is 0 Å². The lowest BCUT2D eigenvalue weighted by Crippen LogP contribution is -2.08. The zero-order valence-corrected chi connectivity index (χ0v) is 12.4. The summed E-state index contributed by atoms with van der Waals surface area (Å²) in [6, 6.07) is 11.1. The Bertz CT molecular complexity index is 649. The molecule has 0 saturated carbocycles. The molecule has 0 aromatic heterocycles. The van der Waals surface area contributed by atoms with Crippen molar-refractivity contribution in [3.8, 4) is 17.2 Å². The second-order valence-corrected chi connectivity index (χ2v) is 4.80. The molecule has 1 unspecified atom stereocenters. The number of hydrogen-bond acceptors (Lipinski definition) is 5.